The van der Waals surface area contributed by atoms with E-state index in [4.69, 9.17) is 0 Å². The molecule has 0 radical (unpaired) electrons. The number of halogens is 1. The van der Waals surface area contributed by atoms with Crippen molar-refractivity contribution in [1.29, 1.82) is 0 Å². The molecule has 5 nitrogen and oxygen atoms in total. The number of nitrogens with zero attached hydrogens (tertiary/aromatic N) is 2. The Hall–Kier alpha value is 0.120. The van der Waals surface area contributed by atoms with Crippen molar-refractivity contribution in [2.75, 3.05) is 33.2 Å². The van der Waals surface area contributed by atoms with Crippen molar-refractivity contribution in [3.8, 4) is 0 Å². The molecule has 1 aliphatic heterocycles. The maximum atomic E-state index is 12.7. The molecule has 0 aromatic rings. The van der Waals surface area contributed by atoms with E-state index < -0.39 is 10.2 Å². The van der Waals surface area contributed by atoms with Crippen molar-refractivity contribution in [2.24, 2.45) is 5.92 Å². The normalized spacial score (nSPS) is 21.2. The van der Waals surface area contributed by atoms with E-state index in [0.717, 1.165) is 32.4 Å². The van der Waals surface area contributed by atoms with Gasteiger partial charge in [-0.3, -0.25) is 0 Å². The zero-order valence-corrected chi connectivity index (χ0v) is 14.2. The third-order valence-corrected chi connectivity index (χ3v) is 6.07. The fourth-order valence-corrected chi connectivity index (χ4v) is 4.50. The smallest absolute Gasteiger partial charge is 0.281 e. The van der Waals surface area contributed by atoms with Gasteiger partial charge < -0.3 is 5.32 Å². The molecule has 2 rings (SSSR count). The van der Waals surface area contributed by atoms with Crippen LogP contribution in [0.1, 0.15) is 39.0 Å². The first-order chi connectivity index (χ1) is 9.05. The van der Waals surface area contributed by atoms with Gasteiger partial charge in [0.15, 0.2) is 0 Å². The average molecular weight is 326 g/mol. The lowest BCUT2D eigenvalue weighted by atomic mass is 10.1. The van der Waals surface area contributed by atoms with E-state index in [-0.39, 0.29) is 18.4 Å². The molecule has 0 aromatic heterocycles. The third kappa shape index (κ3) is 4.56. The van der Waals surface area contributed by atoms with Gasteiger partial charge in [0, 0.05) is 26.2 Å². The Kier molecular flexibility index (Phi) is 7.21. The minimum Gasteiger partial charge on any atom is -0.317 e. The summed E-state index contributed by atoms with van der Waals surface area (Å²) in [5.74, 6) is 0.594. The van der Waals surface area contributed by atoms with Crippen LogP contribution in [0.15, 0.2) is 0 Å². The molecule has 0 atom stereocenters. The second-order valence-corrected chi connectivity index (χ2v) is 7.81. The van der Waals surface area contributed by atoms with Crippen LogP contribution in [0.25, 0.3) is 0 Å². The summed E-state index contributed by atoms with van der Waals surface area (Å²) in [6, 6.07) is 0.174. The second kappa shape index (κ2) is 7.94. The van der Waals surface area contributed by atoms with Crippen LogP contribution >= 0.6 is 12.4 Å². The summed E-state index contributed by atoms with van der Waals surface area (Å²) in [7, 11) is -1.55. The Labute approximate surface area is 129 Å². The van der Waals surface area contributed by atoms with Crippen LogP contribution in [-0.4, -0.2) is 56.3 Å². The average Bonchev–Trinajstić information content (AvgIpc) is 3.20. The molecular weight excluding hydrogens is 298 g/mol. The van der Waals surface area contributed by atoms with E-state index in [2.05, 4.69) is 5.32 Å². The highest BCUT2D eigenvalue weighted by Gasteiger charge is 2.35. The van der Waals surface area contributed by atoms with Gasteiger partial charge in [-0.25, -0.2) is 0 Å². The molecule has 0 unspecified atom stereocenters. The van der Waals surface area contributed by atoms with Crippen molar-refractivity contribution >= 4 is 22.6 Å². The number of nitrogens with one attached hydrogen (secondary N) is 1. The number of piperidine rings is 1. The Morgan fingerprint density at radius 2 is 1.75 bits per heavy atom. The van der Waals surface area contributed by atoms with Crippen molar-refractivity contribution in [1.82, 2.24) is 13.9 Å². The Balaban J connectivity index is 0.00000200. The number of hydrogen-bond donors (Lipinski definition) is 1. The standard InChI is InChI=1S/C13H27N3O2S.ClH/c1-3-10-16(13-6-8-14-9-7-13)19(17,18)15(2)11-12-4-5-12;/h12-14H,3-11H2,1-2H3;1H. The van der Waals surface area contributed by atoms with Crippen LogP contribution < -0.4 is 5.32 Å². The predicted octanol–water partition coefficient (Wildman–Crippen LogP) is 1.46. The van der Waals surface area contributed by atoms with Gasteiger partial charge in [0.1, 0.15) is 0 Å². The number of hydrogen-bond acceptors (Lipinski definition) is 3. The second-order valence-electron chi connectivity index (χ2n) is 5.82. The van der Waals surface area contributed by atoms with Gasteiger partial charge in [-0.1, -0.05) is 6.92 Å². The Morgan fingerprint density at radius 3 is 2.25 bits per heavy atom. The van der Waals surface area contributed by atoms with E-state index in [9.17, 15) is 8.42 Å². The molecule has 1 aliphatic carbocycles. The van der Waals surface area contributed by atoms with Crippen LogP contribution in [0, 0.1) is 5.92 Å². The molecule has 1 heterocycles. The topological polar surface area (TPSA) is 52.7 Å². The first-order valence-electron chi connectivity index (χ1n) is 7.49. The minimum absolute atomic E-state index is 0. The van der Waals surface area contributed by atoms with Gasteiger partial charge in [0.05, 0.1) is 0 Å². The van der Waals surface area contributed by atoms with Crippen molar-refractivity contribution in [3.05, 3.63) is 0 Å². The molecule has 0 aromatic carbocycles. The van der Waals surface area contributed by atoms with Crippen LogP contribution in [0.3, 0.4) is 0 Å². The highest BCUT2D eigenvalue weighted by Crippen LogP contribution is 2.31. The van der Waals surface area contributed by atoms with E-state index in [1.165, 1.54) is 12.8 Å². The van der Waals surface area contributed by atoms with Gasteiger partial charge in [0.2, 0.25) is 0 Å². The predicted molar refractivity (Wildman–Crippen MR) is 84.4 cm³/mol. The molecule has 1 saturated heterocycles. The highest BCUT2D eigenvalue weighted by molar-refractivity contribution is 7.86. The maximum absolute atomic E-state index is 12.7. The van der Waals surface area contributed by atoms with Gasteiger partial charge in [-0.2, -0.15) is 17.0 Å². The highest BCUT2D eigenvalue weighted by atomic mass is 35.5. The van der Waals surface area contributed by atoms with E-state index in [1.807, 2.05) is 6.92 Å². The van der Waals surface area contributed by atoms with Crippen LogP contribution in [0.5, 0.6) is 0 Å². The molecule has 2 aliphatic rings. The van der Waals surface area contributed by atoms with Crippen LogP contribution in [-0.2, 0) is 10.2 Å². The summed E-state index contributed by atoms with van der Waals surface area (Å²) in [5.41, 5.74) is 0. The Morgan fingerprint density at radius 1 is 1.15 bits per heavy atom. The first kappa shape index (κ1) is 18.2. The summed E-state index contributed by atoms with van der Waals surface area (Å²) in [4.78, 5) is 0. The zero-order chi connectivity index (χ0) is 13.9. The van der Waals surface area contributed by atoms with Crippen molar-refractivity contribution < 1.29 is 8.42 Å². The van der Waals surface area contributed by atoms with Crippen LogP contribution in [0.4, 0.5) is 0 Å². The molecule has 2 fully saturated rings. The molecule has 0 spiro atoms. The number of rotatable bonds is 7. The fourth-order valence-electron chi connectivity index (χ4n) is 2.74. The van der Waals surface area contributed by atoms with Crippen molar-refractivity contribution in [2.45, 2.75) is 45.1 Å². The zero-order valence-electron chi connectivity index (χ0n) is 12.5. The Bertz CT molecular complexity index is 381. The summed E-state index contributed by atoms with van der Waals surface area (Å²) >= 11 is 0. The first-order valence-corrected chi connectivity index (χ1v) is 8.89. The fraction of sp³-hybridized carbons (Fsp3) is 1.00. The lowest BCUT2D eigenvalue weighted by Crippen LogP contribution is -2.51. The molecule has 1 saturated carbocycles. The van der Waals surface area contributed by atoms with Gasteiger partial charge >= 0.3 is 0 Å². The van der Waals surface area contributed by atoms with Crippen molar-refractivity contribution in [3.63, 3.8) is 0 Å². The molecule has 7 heteroatoms. The lowest BCUT2D eigenvalue weighted by Gasteiger charge is -2.36. The summed E-state index contributed by atoms with van der Waals surface area (Å²) in [6.07, 6.45) is 5.09. The minimum atomic E-state index is -3.28. The molecule has 0 bridgehead atoms. The monoisotopic (exact) mass is 325 g/mol. The molecule has 1 N–H and O–H groups in total. The van der Waals surface area contributed by atoms with E-state index >= 15 is 0 Å². The molecule has 0 amide bonds. The summed E-state index contributed by atoms with van der Waals surface area (Å²) < 4.78 is 28.7. The molecular formula is C13H28ClN3O2S. The molecule has 20 heavy (non-hydrogen) atoms. The SMILES string of the molecule is CCCN(C1CCNCC1)S(=O)(=O)N(C)CC1CC1.Cl. The van der Waals surface area contributed by atoms with E-state index in [1.54, 1.807) is 15.7 Å². The quantitative estimate of drug-likeness (QED) is 0.771. The van der Waals surface area contributed by atoms with E-state index in [0.29, 0.717) is 19.0 Å². The summed E-state index contributed by atoms with van der Waals surface area (Å²) in [5, 5.41) is 3.30. The van der Waals surface area contributed by atoms with Gasteiger partial charge in [-0.05, 0) is 51.1 Å². The van der Waals surface area contributed by atoms with Gasteiger partial charge in [0.25, 0.3) is 10.2 Å². The lowest BCUT2D eigenvalue weighted by molar-refractivity contribution is 0.245. The largest absolute Gasteiger partial charge is 0.317 e. The summed E-state index contributed by atoms with van der Waals surface area (Å²) in [6.45, 7) is 5.22. The van der Waals surface area contributed by atoms with Gasteiger partial charge in [-0.15, -0.1) is 12.4 Å². The maximum Gasteiger partial charge on any atom is 0.281 e. The van der Waals surface area contributed by atoms with Crippen LogP contribution in [0.2, 0.25) is 0 Å². The third-order valence-electron chi connectivity index (χ3n) is 4.06. The molecule has 120 valence electrons.